The summed E-state index contributed by atoms with van der Waals surface area (Å²) in [6.45, 7) is -0.754. The average Bonchev–Trinajstić information content (AvgIpc) is 3.14. The predicted octanol–water partition coefficient (Wildman–Crippen LogP) is 2.26. The number of ether oxygens (including phenoxy) is 2. The van der Waals surface area contributed by atoms with Crippen LogP contribution in [-0.2, 0) is 9.48 Å². The Balaban J connectivity index is 1.69. The standard InChI is InChI=1S/C19H18F3N5O3S/c1-29-15-7-24-13(6-25-15)17(28)27-9-2-10(16(22)12(21)3-9)19-8-30-14(4-20)11(19)5-26-18(23)31-19/h2-3,6-7,11,14H,4-5,8H2,1H3,(H2,23,26)(H,27,28)/t11-,14+,19+/m0/s1. The van der Waals surface area contributed by atoms with Crippen molar-refractivity contribution < 1.29 is 27.4 Å². The van der Waals surface area contributed by atoms with Crippen LogP contribution in [0.4, 0.5) is 18.9 Å². The van der Waals surface area contributed by atoms with Crippen LogP contribution in [0.3, 0.4) is 0 Å². The second-order valence-electron chi connectivity index (χ2n) is 7.00. The third-order valence-electron chi connectivity index (χ3n) is 5.25. The van der Waals surface area contributed by atoms with Gasteiger partial charge in [-0.1, -0.05) is 11.8 Å². The molecule has 1 fully saturated rings. The second-order valence-corrected chi connectivity index (χ2v) is 8.35. The number of thioether (sulfide) groups is 1. The summed E-state index contributed by atoms with van der Waals surface area (Å²) in [6.07, 6.45) is 1.62. The van der Waals surface area contributed by atoms with Gasteiger partial charge >= 0.3 is 0 Å². The Kier molecular flexibility index (Phi) is 5.75. The van der Waals surface area contributed by atoms with E-state index in [1.807, 2.05) is 0 Å². The summed E-state index contributed by atoms with van der Waals surface area (Å²) in [5, 5.41) is 2.65. The van der Waals surface area contributed by atoms with E-state index in [-0.39, 0.29) is 41.1 Å². The summed E-state index contributed by atoms with van der Waals surface area (Å²) in [6, 6.07) is 2.16. The first-order valence-electron chi connectivity index (χ1n) is 9.21. The van der Waals surface area contributed by atoms with Crippen LogP contribution in [0.1, 0.15) is 16.1 Å². The smallest absolute Gasteiger partial charge is 0.275 e. The van der Waals surface area contributed by atoms with Gasteiger partial charge in [-0.3, -0.25) is 9.79 Å². The van der Waals surface area contributed by atoms with Crippen LogP contribution in [0, 0.1) is 17.6 Å². The number of nitrogens with two attached hydrogens (primary N) is 1. The number of nitrogens with zero attached hydrogens (tertiary/aromatic N) is 3. The number of aliphatic imine (C=N–C) groups is 1. The largest absolute Gasteiger partial charge is 0.480 e. The number of amides is 1. The third-order valence-corrected chi connectivity index (χ3v) is 6.60. The topological polar surface area (TPSA) is 112 Å². The summed E-state index contributed by atoms with van der Waals surface area (Å²) < 4.78 is 52.2. The van der Waals surface area contributed by atoms with Gasteiger partial charge in [-0.25, -0.2) is 23.1 Å². The number of anilines is 1. The number of aromatic nitrogens is 2. The lowest BCUT2D eigenvalue weighted by Gasteiger charge is -2.37. The Hall–Kier alpha value is -2.86. The zero-order valence-corrected chi connectivity index (χ0v) is 17.1. The first-order chi connectivity index (χ1) is 14.9. The molecule has 0 unspecified atom stereocenters. The number of carbonyl (C=O) groups excluding carboxylic acids is 1. The lowest BCUT2D eigenvalue weighted by molar-refractivity contribution is 0.0701. The van der Waals surface area contributed by atoms with Gasteiger partial charge in [0.15, 0.2) is 16.8 Å². The molecule has 8 nitrogen and oxygen atoms in total. The summed E-state index contributed by atoms with van der Waals surface area (Å²) in [5.41, 5.74) is 5.73. The summed E-state index contributed by atoms with van der Waals surface area (Å²) in [7, 11) is 1.40. The minimum absolute atomic E-state index is 0.00461. The average molecular weight is 453 g/mol. The quantitative estimate of drug-likeness (QED) is 0.714. The van der Waals surface area contributed by atoms with E-state index in [1.165, 1.54) is 25.6 Å². The van der Waals surface area contributed by atoms with Crippen molar-refractivity contribution in [1.29, 1.82) is 0 Å². The van der Waals surface area contributed by atoms with E-state index in [0.29, 0.717) is 0 Å². The number of nitrogens with one attached hydrogen (secondary N) is 1. The number of fused-ring (bicyclic) bond motifs is 1. The maximum Gasteiger partial charge on any atom is 0.275 e. The highest BCUT2D eigenvalue weighted by atomic mass is 32.2. The van der Waals surface area contributed by atoms with Crippen molar-refractivity contribution in [3.05, 3.63) is 47.4 Å². The minimum Gasteiger partial charge on any atom is -0.480 e. The fourth-order valence-electron chi connectivity index (χ4n) is 3.72. The molecular formula is C19H18F3N5O3S. The van der Waals surface area contributed by atoms with E-state index in [2.05, 4.69) is 20.3 Å². The molecule has 1 aromatic carbocycles. The maximum atomic E-state index is 14.9. The van der Waals surface area contributed by atoms with Crippen molar-refractivity contribution in [2.75, 3.05) is 32.3 Å². The van der Waals surface area contributed by atoms with Crippen molar-refractivity contribution >= 4 is 28.5 Å². The van der Waals surface area contributed by atoms with Gasteiger partial charge in [-0.15, -0.1) is 0 Å². The molecule has 0 aliphatic carbocycles. The molecule has 2 aliphatic rings. The molecule has 0 saturated carbocycles. The Labute approximate surface area is 179 Å². The number of methoxy groups -OCH3 is 1. The molecule has 1 aromatic heterocycles. The molecule has 164 valence electrons. The monoisotopic (exact) mass is 453 g/mol. The first kappa shape index (κ1) is 21.4. The molecule has 0 spiro atoms. The SMILES string of the molecule is COc1cnc(C(=O)Nc2cc(F)c(F)c([C@]34CO[C@H](CF)[C@@H]3CN=C(N)S4)c2)cn1. The van der Waals surface area contributed by atoms with Crippen LogP contribution < -0.4 is 15.8 Å². The Morgan fingerprint density at radius 1 is 1.39 bits per heavy atom. The summed E-state index contributed by atoms with van der Waals surface area (Å²) in [4.78, 5) is 24.4. The number of rotatable bonds is 5. The van der Waals surface area contributed by atoms with Gasteiger partial charge in [0.05, 0.1) is 37.0 Å². The lowest BCUT2D eigenvalue weighted by Crippen LogP contribution is -2.42. The van der Waals surface area contributed by atoms with Crippen LogP contribution in [0.25, 0.3) is 0 Å². The molecule has 0 bridgehead atoms. The van der Waals surface area contributed by atoms with Gasteiger partial charge in [0.2, 0.25) is 5.88 Å². The van der Waals surface area contributed by atoms with Crippen molar-refractivity contribution in [1.82, 2.24) is 9.97 Å². The summed E-state index contributed by atoms with van der Waals surface area (Å²) >= 11 is 1.01. The van der Waals surface area contributed by atoms with Crippen LogP contribution in [0.2, 0.25) is 0 Å². The molecule has 3 atom stereocenters. The van der Waals surface area contributed by atoms with Crippen LogP contribution in [0.5, 0.6) is 5.88 Å². The zero-order chi connectivity index (χ0) is 22.2. The van der Waals surface area contributed by atoms with E-state index < -0.39 is 41.0 Å². The maximum absolute atomic E-state index is 14.9. The van der Waals surface area contributed by atoms with E-state index in [9.17, 15) is 18.0 Å². The number of alkyl halides is 1. The van der Waals surface area contributed by atoms with Crippen LogP contribution in [0.15, 0.2) is 29.5 Å². The number of benzene rings is 1. The molecule has 3 N–H and O–H groups in total. The molecule has 1 saturated heterocycles. The van der Waals surface area contributed by atoms with E-state index in [4.69, 9.17) is 15.2 Å². The lowest BCUT2D eigenvalue weighted by atomic mass is 9.83. The van der Waals surface area contributed by atoms with E-state index in [1.54, 1.807) is 0 Å². The minimum atomic E-state index is -1.17. The zero-order valence-electron chi connectivity index (χ0n) is 16.3. The number of amidine groups is 1. The number of carbonyl (C=O) groups is 1. The Bertz CT molecular complexity index is 1040. The molecule has 1 amide bonds. The Morgan fingerprint density at radius 3 is 2.87 bits per heavy atom. The van der Waals surface area contributed by atoms with Gasteiger partial charge in [0.1, 0.15) is 12.4 Å². The highest BCUT2D eigenvalue weighted by molar-refractivity contribution is 8.14. The molecular weight excluding hydrogens is 435 g/mol. The molecule has 31 heavy (non-hydrogen) atoms. The molecule has 0 radical (unpaired) electrons. The van der Waals surface area contributed by atoms with Gasteiger partial charge in [0, 0.05) is 29.8 Å². The van der Waals surface area contributed by atoms with Crippen LogP contribution in [-0.4, -0.2) is 54.1 Å². The molecule has 12 heteroatoms. The molecule has 3 heterocycles. The molecule has 4 rings (SSSR count). The van der Waals surface area contributed by atoms with Crippen molar-refractivity contribution in [2.24, 2.45) is 16.6 Å². The van der Waals surface area contributed by atoms with Gasteiger partial charge in [-0.05, 0) is 6.07 Å². The number of hydrogen-bond acceptors (Lipinski definition) is 8. The van der Waals surface area contributed by atoms with Crippen molar-refractivity contribution in [3.63, 3.8) is 0 Å². The normalized spacial score (nSPS) is 25.0. The molecule has 2 aliphatic heterocycles. The third kappa shape index (κ3) is 3.81. The van der Waals surface area contributed by atoms with E-state index >= 15 is 0 Å². The van der Waals surface area contributed by atoms with Gasteiger partial charge in [0.25, 0.3) is 5.91 Å². The number of hydrogen-bond donors (Lipinski definition) is 2. The van der Waals surface area contributed by atoms with Crippen molar-refractivity contribution in [2.45, 2.75) is 10.9 Å². The van der Waals surface area contributed by atoms with Crippen molar-refractivity contribution in [3.8, 4) is 5.88 Å². The highest BCUT2D eigenvalue weighted by Crippen LogP contribution is 2.53. The second kappa shape index (κ2) is 8.35. The van der Waals surface area contributed by atoms with Gasteiger partial charge < -0.3 is 20.5 Å². The summed E-state index contributed by atoms with van der Waals surface area (Å²) in [5.74, 6) is -3.30. The van der Waals surface area contributed by atoms with E-state index in [0.717, 1.165) is 17.8 Å². The predicted molar refractivity (Wildman–Crippen MR) is 108 cm³/mol. The fraction of sp³-hybridized carbons (Fsp3) is 0.368. The molecule has 2 aromatic rings. The van der Waals surface area contributed by atoms with Crippen LogP contribution >= 0.6 is 11.8 Å². The van der Waals surface area contributed by atoms with Gasteiger partial charge in [-0.2, -0.15) is 0 Å². The highest BCUT2D eigenvalue weighted by Gasteiger charge is 2.55. The first-order valence-corrected chi connectivity index (χ1v) is 10.0. The number of halogens is 3. The Morgan fingerprint density at radius 2 is 2.19 bits per heavy atom. The fourth-order valence-corrected chi connectivity index (χ4v) is 4.99.